The van der Waals surface area contributed by atoms with Crippen LogP contribution >= 0.6 is 15.9 Å². The molecule has 5 heteroatoms. The minimum Gasteiger partial charge on any atom is -0.488 e. The molecule has 0 bridgehead atoms. The van der Waals surface area contributed by atoms with Crippen LogP contribution in [0.3, 0.4) is 0 Å². The predicted octanol–water partition coefficient (Wildman–Crippen LogP) is 6.10. The van der Waals surface area contributed by atoms with Crippen LogP contribution in [-0.4, -0.2) is 11.1 Å². The van der Waals surface area contributed by atoms with Crippen LogP contribution in [0.25, 0.3) is 11.6 Å². The van der Waals surface area contributed by atoms with Crippen molar-refractivity contribution in [1.29, 1.82) is 5.26 Å². The van der Waals surface area contributed by atoms with Crippen molar-refractivity contribution in [3.8, 4) is 11.8 Å². The lowest BCUT2D eigenvalue weighted by Crippen LogP contribution is -1.96. The first-order chi connectivity index (χ1) is 14.0. The number of aromatic carboxylic acids is 1. The minimum atomic E-state index is -0.996. The molecular weight excluding hydrogens is 430 g/mol. The van der Waals surface area contributed by atoms with Crippen LogP contribution in [0.5, 0.6) is 5.75 Å². The van der Waals surface area contributed by atoms with E-state index in [4.69, 9.17) is 9.84 Å². The monoisotopic (exact) mass is 447 g/mol. The lowest BCUT2D eigenvalue weighted by molar-refractivity contribution is 0.0697. The van der Waals surface area contributed by atoms with E-state index in [2.05, 4.69) is 28.1 Å². The Kier molecular flexibility index (Phi) is 6.48. The first kappa shape index (κ1) is 20.4. The van der Waals surface area contributed by atoms with E-state index >= 15 is 0 Å². The average molecular weight is 448 g/mol. The van der Waals surface area contributed by atoms with Gasteiger partial charge < -0.3 is 9.84 Å². The van der Waals surface area contributed by atoms with Crippen molar-refractivity contribution >= 4 is 33.5 Å². The largest absolute Gasteiger partial charge is 0.488 e. The maximum absolute atomic E-state index is 11.0. The molecule has 29 heavy (non-hydrogen) atoms. The summed E-state index contributed by atoms with van der Waals surface area (Å²) in [7, 11) is 0. The quantitative estimate of drug-likeness (QED) is 0.366. The summed E-state index contributed by atoms with van der Waals surface area (Å²) in [5.41, 5.74) is 4.40. The Hall–Kier alpha value is -3.36. The van der Waals surface area contributed by atoms with Gasteiger partial charge in [-0.25, -0.2) is 4.79 Å². The summed E-state index contributed by atoms with van der Waals surface area (Å²) in [6, 6.07) is 22.2. The van der Waals surface area contributed by atoms with Crippen molar-refractivity contribution < 1.29 is 14.6 Å². The van der Waals surface area contributed by atoms with Crippen molar-refractivity contribution in [2.45, 2.75) is 13.5 Å². The van der Waals surface area contributed by atoms with E-state index in [1.807, 2.05) is 43.3 Å². The zero-order valence-electron chi connectivity index (χ0n) is 15.7. The van der Waals surface area contributed by atoms with Gasteiger partial charge in [0.2, 0.25) is 0 Å². The van der Waals surface area contributed by atoms with E-state index in [1.54, 1.807) is 18.2 Å². The van der Waals surface area contributed by atoms with Crippen molar-refractivity contribution in [1.82, 2.24) is 0 Å². The fourth-order valence-electron chi connectivity index (χ4n) is 2.83. The molecule has 0 aromatic heterocycles. The SMILES string of the molecule is Cc1cccc(COc2ccc(/C=C(/C#N)c3ccc(C(=O)O)cc3)cc2Br)c1. The molecule has 0 aliphatic rings. The van der Waals surface area contributed by atoms with Gasteiger partial charge in [-0.05, 0) is 69.9 Å². The van der Waals surface area contributed by atoms with Crippen molar-refractivity contribution in [2.75, 3.05) is 0 Å². The molecule has 0 unspecified atom stereocenters. The Morgan fingerprint density at radius 2 is 1.83 bits per heavy atom. The summed E-state index contributed by atoms with van der Waals surface area (Å²) >= 11 is 3.53. The van der Waals surface area contributed by atoms with Gasteiger partial charge in [0.1, 0.15) is 12.4 Å². The zero-order chi connectivity index (χ0) is 20.8. The smallest absolute Gasteiger partial charge is 0.335 e. The summed E-state index contributed by atoms with van der Waals surface area (Å²) in [6.07, 6.45) is 1.75. The van der Waals surface area contributed by atoms with Crippen LogP contribution in [0.1, 0.15) is 32.6 Å². The average Bonchev–Trinajstić information content (AvgIpc) is 2.71. The molecule has 0 saturated heterocycles. The Morgan fingerprint density at radius 1 is 1.10 bits per heavy atom. The molecule has 1 N–H and O–H groups in total. The van der Waals surface area contributed by atoms with Gasteiger partial charge in [-0.15, -0.1) is 0 Å². The number of nitrogens with zero attached hydrogens (tertiary/aromatic N) is 1. The van der Waals surface area contributed by atoms with Crippen LogP contribution in [0.2, 0.25) is 0 Å². The molecular formula is C24H18BrNO3. The van der Waals surface area contributed by atoms with Crippen LogP contribution in [-0.2, 0) is 6.61 Å². The molecule has 0 amide bonds. The maximum Gasteiger partial charge on any atom is 0.335 e. The van der Waals surface area contributed by atoms with Crippen LogP contribution in [0.15, 0.2) is 71.2 Å². The van der Waals surface area contributed by atoms with E-state index in [1.165, 1.54) is 17.7 Å². The number of rotatable bonds is 6. The number of allylic oxidation sites excluding steroid dienone is 1. The van der Waals surface area contributed by atoms with Gasteiger partial charge in [-0.2, -0.15) is 5.26 Å². The molecule has 0 spiro atoms. The summed E-state index contributed by atoms with van der Waals surface area (Å²) in [6.45, 7) is 2.51. The highest BCUT2D eigenvalue weighted by atomic mass is 79.9. The topological polar surface area (TPSA) is 70.3 Å². The van der Waals surface area contributed by atoms with Gasteiger partial charge in [0.25, 0.3) is 0 Å². The fourth-order valence-corrected chi connectivity index (χ4v) is 3.34. The highest BCUT2D eigenvalue weighted by Crippen LogP contribution is 2.29. The van der Waals surface area contributed by atoms with Gasteiger partial charge in [-0.3, -0.25) is 0 Å². The molecule has 3 rings (SSSR count). The normalized spacial score (nSPS) is 11.0. The molecule has 0 heterocycles. The molecule has 144 valence electrons. The molecule has 0 saturated carbocycles. The molecule has 4 nitrogen and oxygen atoms in total. The van der Waals surface area contributed by atoms with Crippen molar-refractivity contribution in [2.24, 2.45) is 0 Å². The lowest BCUT2D eigenvalue weighted by Gasteiger charge is -2.10. The molecule has 0 radical (unpaired) electrons. The number of ether oxygens (including phenoxy) is 1. The second-order valence-electron chi connectivity index (χ2n) is 6.52. The standard InChI is InChI=1S/C24H18BrNO3/c1-16-3-2-4-18(11-16)15-29-23-10-5-17(13-22(23)25)12-21(14-26)19-6-8-20(9-7-19)24(27)28/h2-13H,15H2,1H3,(H,27,28)/b21-12-. The predicted molar refractivity (Wildman–Crippen MR) is 117 cm³/mol. The molecule has 0 atom stereocenters. The summed E-state index contributed by atoms with van der Waals surface area (Å²) in [5.74, 6) is -0.280. The number of carboxylic acids is 1. The number of benzene rings is 3. The van der Waals surface area contributed by atoms with E-state index in [0.29, 0.717) is 23.5 Å². The Morgan fingerprint density at radius 3 is 2.45 bits per heavy atom. The van der Waals surface area contributed by atoms with E-state index in [0.717, 1.165) is 15.6 Å². The lowest BCUT2D eigenvalue weighted by atomic mass is 10.0. The van der Waals surface area contributed by atoms with Crippen molar-refractivity contribution in [3.63, 3.8) is 0 Å². The molecule has 3 aromatic rings. The maximum atomic E-state index is 11.0. The number of carbonyl (C=O) groups is 1. The van der Waals surface area contributed by atoms with Gasteiger partial charge in [0, 0.05) is 0 Å². The van der Waals surface area contributed by atoms with Crippen LogP contribution in [0, 0.1) is 18.3 Å². The number of hydrogen-bond acceptors (Lipinski definition) is 3. The third-order valence-corrected chi connectivity index (χ3v) is 4.93. The number of aryl methyl sites for hydroxylation is 1. The van der Waals surface area contributed by atoms with E-state index in [-0.39, 0.29) is 5.56 Å². The van der Waals surface area contributed by atoms with Gasteiger partial charge >= 0.3 is 5.97 Å². The summed E-state index contributed by atoms with van der Waals surface area (Å²) in [5, 5.41) is 18.5. The van der Waals surface area contributed by atoms with Crippen LogP contribution < -0.4 is 4.74 Å². The second kappa shape index (κ2) is 9.22. The zero-order valence-corrected chi connectivity index (χ0v) is 17.3. The van der Waals surface area contributed by atoms with Crippen LogP contribution in [0.4, 0.5) is 0 Å². The number of carboxylic acid groups (broad SMARTS) is 1. The molecule has 0 aliphatic heterocycles. The minimum absolute atomic E-state index is 0.184. The Bertz CT molecular complexity index is 1110. The highest BCUT2D eigenvalue weighted by Gasteiger charge is 2.07. The van der Waals surface area contributed by atoms with E-state index in [9.17, 15) is 10.1 Å². The van der Waals surface area contributed by atoms with Gasteiger partial charge in [0.05, 0.1) is 21.7 Å². The Balaban J connectivity index is 1.77. The van der Waals surface area contributed by atoms with Crippen molar-refractivity contribution in [3.05, 3.63) is 99.0 Å². The number of hydrogen-bond donors (Lipinski definition) is 1. The third kappa shape index (κ3) is 5.34. The molecule has 3 aromatic carbocycles. The summed E-state index contributed by atoms with van der Waals surface area (Å²) in [4.78, 5) is 11.0. The third-order valence-electron chi connectivity index (χ3n) is 4.31. The molecule has 0 aliphatic carbocycles. The fraction of sp³-hybridized carbons (Fsp3) is 0.0833. The van der Waals surface area contributed by atoms with Gasteiger partial charge in [-0.1, -0.05) is 48.0 Å². The van der Waals surface area contributed by atoms with Gasteiger partial charge in [0.15, 0.2) is 0 Å². The Labute approximate surface area is 177 Å². The second-order valence-corrected chi connectivity index (χ2v) is 7.37. The number of halogens is 1. The highest BCUT2D eigenvalue weighted by molar-refractivity contribution is 9.10. The first-order valence-electron chi connectivity index (χ1n) is 8.89. The summed E-state index contributed by atoms with van der Waals surface area (Å²) < 4.78 is 6.69. The van der Waals surface area contributed by atoms with E-state index < -0.39 is 5.97 Å². The molecule has 0 fully saturated rings. The number of nitriles is 1. The first-order valence-corrected chi connectivity index (χ1v) is 9.69.